The monoisotopic (exact) mass is 471 g/mol. The molecule has 7 nitrogen and oxygen atoms in total. The lowest BCUT2D eigenvalue weighted by Gasteiger charge is -2.40. The van der Waals surface area contributed by atoms with Crippen LogP contribution in [0.3, 0.4) is 0 Å². The van der Waals surface area contributed by atoms with Gasteiger partial charge in [0.15, 0.2) is 0 Å². The highest BCUT2D eigenvalue weighted by Crippen LogP contribution is 2.25. The van der Waals surface area contributed by atoms with Gasteiger partial charge in [0, 0.05) is 36.6 Å². The Hall–Kier alpha value is -4.00. The van der Waals surface area contributed by atoms with E-state index in [2.05, 4.69) is 25.1 Å². The van der Waals surface area contributed by atoms with Gasteiger partial charge in [0.05, 0.1) is 19.9 Å². The quantitative estimate of drug-likeness (QED) is 0.427. The van der Waals surface area contributed by atoms with Gasteiger partial charge in [-0.1, -0.05) is 35.9 Å². The van der Waals surface area contributed by atoms with Crippen molar-refractivity contribution in [2.45, 2.75) is 26.4 Å². The molecular formula is C28H29N3O4. The number of amides is 2. The van der Waals surface area contributed by atoms with Gasteiger partial charge in [-0.3, -0.25) is 9.59 Å². The van der Waals surface area contributed by atoms with E-state index in [0.717, 1.165) is 10.9 Å². The molecule has 2 amide bonds. The zero-order chi connectivity index (χ0) is 24.5. The van der Waals surface area contributed by atoms with Crippen LogP contribution in [-0.2, 0) is 6.54 Å². The zero-order valence-electron chi connectivity index (χ0n) is 20.2. The molecule has 1 aliphatic heterocycles. The molecule has 1 fully saturated rings. The van der Waals surface area contributed by atoms with Crippen LogP contribution in [0.2, 0.25) is 0 Å². The topological polar surface area (TPSA) is 67.9 Å². The van der Waals surface area contributed by atoms with Gasteiger partial charge >= 0.3 is 0 Å². The number of hydrogen-bond donors (Lipinski definition) is 0. The van der Waals surface area contributed by atoms with Crippen molar-refractivity contribution in [3.05, 3.63) is 89.3 Å². The number of benzene rings is 2. The number of carbonyl (C=O) groups excluding carboxylic acids is 2. The number of nitrogens with zero attached hydrogens (tertiary/aromatic N) is 3. The average molecular weight is 472 g/mol. The Morgan fingerprint density at radius 1 is 1.03 bits per heavy atom. The number of carbonyl (C=O) groups is 2. The molecule has 180 valence electrons. The first-order chi connectivity index (χ1) is 16.9. The smallest absolute Gasteiger partial charge is 0.270 e. The predicted octanol–water partition coefficient (Wildman–Crippen LogP) is 4.59. The molecule has 1 atom stereocenters. The molecule has 7 heteroatoms. The Morgan fingerprint density at radius 2 is 1.86 bits per heavy atom. The van der Waals surface area contributed by atoms with Crippen molar-refractivity contribution in [3.63, 3.8) is 0 Å². The van der Waals surface area contributed by atoms with Crippen LogP contribution in [0.5, 0.6) is 5.75 Å². The fourth-order valence-corrected chi connectivity index (χ4v) is 4.83. The summed E-state index contributed by atoms with van der Waals surface area (Å²) in [5.41, 5.74) is 4.15. The summed E-state index contributed by atoms with van der Waals surface area (Å²) in [5.74, 6) is 0.546. The van der Waals surface area contributed by atoms with E-state index < -0.39 is 0 Å². The zero-order valence-corrected chi connectivity index (χ0v) is 20.2. The number of methoxy groups -OCH3 is 1. The number of aryl methyl sites for hydroxylation is 1. The molecule has 4 aromatic rings. The number of furan rings is 1. The summed E-state index contributed by atoms with van der Waals surface area (Å²) in [7, 11) is 1.59. The molecule has 2 aromatic carbocycles. The van der Waals surface area contributed by atoms with E-state index in [-0.39, 0.29) is 17.9 Å². The van der Waals surface area contributed by atoms with Gasteiger partial charge < -0.3 is 23.5 Å². The van der Waals surface area contributed by atoms with Gasteiger partial charge in [0.25, 0.3) is 11.8 Å². The van der Waals surface area contributed by atoms with Crippen molar-refractivity contribution in [1.82, 2.24) is 14.4 Å². The van der Waals surface area contributed by atoms with E-state index in [1.165, 1.54) is 5.56 Å². The Morgan fingerprint density at radius 3 is 2.63 bits per heavy atom. The van der Waals surface area contributed by atoms with Gasteiger partial charge in [-0.2, -0.15) is 0 Å². The van der Waals surface area contributed by atoms with E-state index in [1.807, 2.05) is 51.6 Å². The van der Waals surface area contributed by atoms with Crippen LogP contribution in [0.25, 0.3) is 11.1 Å². The Bertz CT molecular complexity index is 1390. The summed E-state index contributed by atoms with van der Waals surface area (Å²) >= 11 is 0. The normalized spacial score (nSPS) is 16.0. The number of fused-ring (bicyclic) bond motifs is 1. The summed E-state index contributed by atoms with van der Waals surface area (Å²) in [6.45, 7) is 5.99. The maximum absolute atomic E-state index is 13.7. The van der Waals surface area contributed by atoms with Crippen LogP contribution in [0.1, 0.15) is 38.9 Å². The first-order valence-electron chi connectivity index (χ1n) is 11.8. The third-order valence-corrected chi connectivity index (χ3v) is 6.64. The van der Waals surface area contributed by atoms with E-state index >= 15 is 0 Å². The van der Waals surface area contributed by atoms with E-state index in [9.17, 15) is 9.59 Å². The number of piperazine rings is 1. The van der Waals surface area contributed by atoms with Gasteiger partial charge in [0.2, 0.25) is 5.71 Å². The Kier molecular flexibility index (Phi) is 6.07. The summed E-state index contributed by atoms with van der Waals surface area (Å²) in [4.78, 5) is 30.5. The highest BCUT2D eigenvalue weighted by Gasteiger charge is 2.32. The van der Waals surface area contributed by atoms with Crippen molar-refractivity contribution in [1.29, 1.82) is 0 Å². The standard InChI is InChI=1S/C28H29N3O4/c1-19-6-4-7-21(14-19)18-31-25(16-23-10-13-35-28(23)31)27(33)29-11-12-30(20(2)17-29)26(32)22-8-5-9-24(15-22)34-3/h4-10,13-16,20H,11-12,17-18H2,1-3H3. The molecule has 3 heterocycles. The minimum absolute atomic E-state index is 0.0515. The number of hydrogen-bond acceptors (Lipinski definition) is 4. The van der Waals surface area contributed by atoms with Gasteiger partial charge in [-0.25, -0.2) is 0 Å². The van der Waals surface area contributed by atoms with E-state index in [1.54, 1.807) is 25.5 Å². The van der Waals surface area contributed by atoms with Crippen molar-refractivity contribution in [3.8, 4) is 5.75 Å². The second-order valence-electron chi connectivity index (χ2n) is 9.12. The highest BCUT2D eigenvalue weighted by atomic mass is 16.5. The lowest BCUT2D eigenvalue weighted by molar-refractivity contribution is 0.0409. The van der Waals surface area contributed by atoms with Gasteiger partial charge in [-0.05, 0) is 49.7 Å². The fourth-order valence-electron chi connectivity index (χ4n) is 4.83. The van der Waals surface area contributed by atoms with E-state index in [4.69, 9.17) is 9.15 Å². The molecular weight excluding hydrogens is 442 g/mol. The second-order valence-corrected chi connectivity index (χ2v) is 9.12. The van der Waals surface area contributed by atoms with Gasteiger partial charge in [-0.15, -0.1) is 0 Å². The van der Waals surface area contributed by atoms with Crippen LogP contribution in [0.15, 0.2) is 71.3 Å². The lowest BCUT2D eigenvalue weighted by Crippen LogP contribution is -2.55. The molecule has 35 heavy (non-hydrogen) atoms. The van der Waals surface area contributed by atoms with Crippen molar-refractivity contribution in [2.24, 2.45) is 0 Å². The van der Waals surface area contributed by atoms with Crippen LogP contribution in [0.4, 0.5) is 0 Å². The van der Waals surface area contributed by atoms with E-state index in [0.29, 0.717) is 48.9 Å². The molecule has 2 aromatic heterocycles. The largest absolute Gasteiger partial charge is 0.497 e. The average Bonchev–Trinajstić information content (AvgIpc) is 3.46. The van der Waals surface area contributed by atoms with Crippen molar-refractivity contribution >= 4 is 22.9 Å². The molecule has 0 N–H and O–H groups in total. The molecule has 0 spiro atoms. The number of aromatic nitrogens is 1. The third kappa shape index (κ3) is 4.41. The molecule has 0 radical (unpaired) electrons. The number of rotatable bonds is 5. The van der Waals surface area contributed by atoms with Crippen LogP contribution in [0, 0.1) is 6.92 Å². The van der Waals surface area contributed by atoms with Crippen molar-refractivity contribution in [2.75, 3.05) is 26.7 Å². The molecule has 0 saturated carbocycles. The third-order valence-electron chi connectivity index (χ3n) is 6.64. The lowest BCUT2D eigenvalue weighted by atomic mass is 10.1. The minimum Gasteiger partial charge on any atom is -0.497 e. The number of ether oxygens (including phenoxy) is 1. The molecule has 1 aliphatic rings. The second kappa shape index (κ2) is 9.33. The summed E-state index contributed by atoms with van der Waals surface area (Å²) in [6.07, 6.45) is 1.65. The molecule has 5 rings (SSSR count). The van der Waals surface area contributed by atoms with Gasteiger partial charge in [0.1, 0.15) is 11.4 Å². The molecule has 1 saturated heterocycles. The molecule has 0 bridgehead atoms. The Labute approximate surface area is 204 Å². The SMILES string of the molecule is COc1cccc(C(=O)N2CCN(C(=O)c3cc4ccoc4n3Cc3cccc(C)c3)CC2C)c1. The summed E-state index contributed by atoms with van der Waals surface area (Å²) in [6, 6.07) is 19.1. The Balaban J connectivity index is 1.36. The highest BCUT2D eigenvalue weighted by molar-refractivity contribution is 5.98. The fraction of sp³-hybridized carbons (Fsp3) is 0.286. The summed E-state index contributed by atoms with van der Waals surface area (Å²) < 4.78 is 12.9. The van der Waals surface area contributed by atoms with Crippen LogP contribution < -0.4 is 4.74 Å². The first kappa shape index (κ1) is 22.8. The molecule has 0 aliphatic carbocycles. The van der Waals surface area contributed by atoms with Crippen LogP contribution >= 0.6 is 0 Å². The predicted molar refractivity (Wildman–Crippen MR) is 134 cm³/mol. The van der Waals surface area contributed by atoms with Crippen LogP contribution in [-0.4, -0.2) is 59.0 Å². The maximum atomic E-state index is 13.7. The summed E-state index contributed by atoms with van der Waals surface area (Å²) in [5, 5.41) is 0.904. The first-order valence-corrected chi connectivity index (χ1v) is 11.8. The van der Waals surface area contributed by atoms with Crippen molar-refractivity contribution < 1.29 is 18.7 Å². The molecule has 1 unspecified atom stereocenters. The minimum atomic E-state index is -0.116. The maximum Gasteiger partial charge on any atom is 0.270 e.